The summed E-state index contributed by atoms with van der Waals surface area (Å²) in [6, 6.07) is 5.16. The maximum absolute atomic E-state index is 14.1. The lowest BCUT2D eigenvalue weighted by Gasteiger charge is -2.15. The molecule has 0 spiro atoms. The maximum atomic E-state index is 14.1. The van der Waals surface area contributed by atoms with Crippen molar-refractivity contribution in [1.82, 2.24) is 14.5 Å². The molecule has 0 saturated heterocycles. The number of sulfonamides is 1. The number of anilines is 1. The molecule has 0 radical (unpaired) electrons. The summed E-state index contributed by atoms with van der Waals surface area (Å²) in [6.07, 6.45) is 7.38. The molecular formula is C18H21FN4O3S. The topological polar surface area (TPSA) is 93.1 Å². The van der Waals surface area contributed by atoms with Crippen LogP contribution in [0.1, 0.15) is 54.9 Å². The third kappa shape index (κ3) is 3.89. The van der Waals surface area contributed by atoms with Crippen LogP contribution in [0.5, 0.6) is 0 Å². The Morgan fingerprint density at radius 1 is 1.15 bits per heavy atom. The number of hydrogen-bond acceptors (Lipinski definition) is 4. The quantitative estimate of drug-likeness (QED) is 0.791. The molecule has 0 unspecified atom stereocenters. The molecule has 4 rings (SSSR count). The van der Waals surface area contributed by atoms with Crippen LogP contribution in [0.4, 0.5) is 10.2 Å². The van der Waals surface area contributed by atoms with Gasteiger partial charge in [0.15, 0.2) is 0 Å². The van der Waals surface area contributed by atoms with E-state index in [4.69, 9.17) is 0 Å². The van der Waals surface area contributed by atoms with Gasteiger partial charge in [-0.15, -0.1) is 0 Å². The number of nitrogens with zero attached hydrogens (tertiary/aromatic N) is 2. The minimum Gasteiger partial charge on any atom is -0.307 e. The van der Waals surface area contributed by atoms with Gasteiger partial charge in [-0.25, -0.2) is 22.2 Å². The van der Waals surface area contributed by atoms with Crippen molar-refractivity contribution in [1.29, 1.82) is 0 Å². The van der Waals surface area contributed by atoms with E-state index in [2.05, 4.69) is 15.1 Å². The predicted octanol–water partition coefficient (Wildman–Crippen LogP) is 2.83. The van der Waals surface area contributed by atoms with Crippen molar-refractivity contribution in [3.05, 3.63) is 41.8 Å². The number of amides is 1. The normalized spacial score (nSPS) is 18.0. The van der Waals surface area contributed by atoms with E-state index in [1.54, 1.807) is 16.9 Å². The van der Waals surface area contributed by atoms with E-state index in [9.17, 15) is 17.6 Å². The molecule has 1 aromatic carbocycles. The van der Waals surface area contributed by atoms with Gasteiger partial charge >= 0.3 is 0 Å². The Kier molecular flexibility index (Phi) is 4.73. The molecule has 0 aliphatic heterocycles. The number of halogens is 1. The highest BCUT2D eigenvalue weighted by Crippen LogP contribution is 2.31. The summed E-state index contributed by atoms with van der Waals surface area (Å²) in [5.41, 5.74) is 0.0757. The van der Waals surface area contributed by atoms with Crippen LogP contribution in [0.25, 0.3) is 0 Å². The molecule has 2 aliphatic carbocycles. The molecule has 2 fully saturated rings. The highest BCUT2D eigenvalue weighted by molar-refractivity contribution is 7.89. The Hall–Kier alpha value is -2.26. The van der Waals surface area contributed by atoms with Crippen LogP contribution in [0.15, 0.2) is 35.4 Å². The lowest BCUT2D eigenvalue weighted by molar-refractivity contribution is 0.102. The van der Waals surface area contributed by atoms with Crippen LogP contribution in [0.3, 0.4) is 0 Å². The fourth-order valence-corrected chi connectivity index (χ4v) is 4.78. The molecule has 2 saturated carbocycles. The van der Waals surface area contributed by atoms with Crippen LogP contribution in [-0.2, 0) is 10.0 Å². The van der Waals surface area contributed by atoms with Crippen LogP contribution in [0, 0.1) is 5.82 Å². The fourth-order valence-electron chi connectivity index (χ4n) is 3.38. The van der Waals surface area contributed by atoms with Crippen molar-refractivity contribution < 1.29 is 17.6 Å². The van der Waals surface area contributed by atoms with E-state index in [-0.39, 0.29) is 17.6 Å². The van der Waals surface area contributed by atoms with Gasteiger partial charge in [0.2, 0.25) is 10.0 Å². The SMILES string of the molecule is O=C(Nc1ccnn1C1CCCC1)c1ccc(F)c(S(=O)(=O)NC2CC2)c1. The maximum Gasteiger partial charge on any atom is 0.256 e. The first kappa shape index (κ1) is 18.1. The molecule has 0 bridgehead atoms. The number of hydrogen-bond donors (Lipinski definition) is 2. The summed E-state index contributed by atoms with van der Waals surface area (Å²) < 4.78 is 43.0. The number of nitrogens with one attached hydrogen (secondary N) is 2. The monoisotopic (exact) mass is 392 g/mol. The van der Waals surface area contributed by atoms with Crippen LogP contribution < -0.4 is 10.0 Å². The zero-order valence-electron chi connectivity index (χ0n) is 14.7. The number of rotatable bonds is 6. The number of benzene rings is 1. The molecule has 1 aromatic heterocycles. The minimum absolute atomic E-state index is 0.0757. The van der Waals surface area contributed by atoms with Gasteiger partial charge in [0, 0.05) is 17.7 Å². The van der Waals surface area contributed by atoms with Gasteiger partial charge < -0.3 is 5.32 Å². The number of carbonyl (C=O) groups is 1. The van der Waals surface area contributed by atoms with Crippen molar-refractivity contribution in [2.24, 2.45) is 0 Å². The molecule has 7 nitrogen and oxygen atoms in total. The van der Waals surface area contributed by atoms with E-state index in [1.807, 2.05) is 0 Å². The molecule has 0 atom stereocenters. The molecule has 2 N–H and O–H groups in total. The second-order valence-corrected chi connectivity index (χ2v) is 8.78. The van der Waals surface area contributed by atoms with E-state index >= 15 is 0 Å². The summed E-state index contributed by atoms with van der Waals surface area (Å²) in [5.74, 6) is -0.829. The second-order valence-electron chi connectivity index (χ2n) is 7.09. The van der Waals surface area contributed by atoms with E-state index in [1.165, 1.54) is 6.07 Å². The molecule has 9 heteroatoms. The average Bonchev–Trinajstić information content (AvgIpc) is 3.10. The van der Waals surface area contributed by atoms with E-state index in [0.717, 1.165) is 50.7 Å². The largest absolute Gasteiger partial charge is 0.307 e. The Bertz CT molecular complexity index is 963. The van der Waals surface area contributed by atoms with Crippen molar-refractivity contribution in [2.75, 3.05) is 5.32 Å². The summed E-state index contributed by atoms with van der Waals surface area (Å²) in [5, 5.41) is 7.05. The first-order chi connectivity index (χ1) is 12.9. The van der Waals surface area contributed by atoms with Crippen LogP contribution in [-0.4, -0.2) is 30.1 Å². The summed E-state index contributed by atoms with van der Waals surface area (Å²) in [6.45, 7) is 0. The van der Waals surface area contributed by atoms with Crippen molar-refractivity contribution in [2.45, 2.75) is 55.5 Å². The molecule has 1 heterocycles. The van der Waals surface area contributed by atoms with Gasteiger partial charge in [-0.3, -0.25) is 4.79 Å². The zero-order chi connectivity index (χ0) is 19.0. The van der Waals surface area contributed by atoms with Gasteiger partial charge in [0.25, 0.3) is 5.91 Å². The Balaban J connectivity index is 1.56. The van der Waals surface area contributed by atoms with Crippen molar-refractivity contribution in [3.8, 4) is 0 Å². The smallest absolute Gasteiger partial charge is 0.256 e. The second kappa shape index (κ2) is 7.05. The molecule has 1 amide bonds. The van der Waals surface area contributed by atoms with Gasteiger partial charge in [0.1, 0.15) is 16.5 Å². The average molecular weight is 392 g/mol. The Morgan fingerprint density at radius 2 is 1.89 bits per heavy atom. The van der Waals surface area contributed by atoms with Crippen LogP contribution >= 0.6 is 0 Å². The third-order valence-electron chi connectivity index (χ3n) is 4.96. The van der Waals surface area contributed by atoms with Gasteiger partial charge in [-0.05, 0) is 43.9 Å². The lowest BCUT2D eigenvalue weighted by atomic mass is 10.2. The fraction of sp³-hybridized carbons (Fsp3) is 0.444. The summed E-state index contributed by atoms with van der Waals surface area (Å²) >= 11 is 0. The highest BCUT2D eigenvalue weighted by atomic mass is 32.2. The standard InChI is InChI=1S/C18H21FN4O3S/c19-15-8-5-12(11-16(15)27(25,26)22-13-6-7-13)18(24)21-17-9-10-20-23(17)14-3-1-2-4-14/h5,8-11,13-14,22H,1-4,6-7H2,(H,21,24). The Morgan fingerprint density at radius 3 is 2.59 bits per heavy atom. The first-order valence-electron chi connectivity index (χ1n) is 9.11. The highest BCUT2D eigenvalue weighted by Gasteiger charge is 2.30. The van der Waals surface area contributed by atoms with Gasteiger partial charge in [-0.1, -0.05) is 12.8 Å². The molecule has 2 aromatic rings. The van der Waals surface area contributed by atoms with Gasteiger partial charge in [-0.2, -0.15) is 5.10 Å². The molecule has 27 heavy (non-hydrogen) atoms. The number of carbonyl (C=O) groups excluding carboxylic acids is 1. The minimum atomic E-state index is -3.99. The summed E-state index contributed by atoms with van der Waals surface area (Å²) in [7, 11) is -3.99. The van der Waals surface area contributed by atoms with Crippen LogP contribution in [0.2, 0.25) is 0 Å². The van der Waals surface area contributed by atoms with Crippen molar-refractivity contribution >= 4 is 21.7 Å². The molecule has 2 aliphatic rings. The van der Waals surface area contributed by atoms with E-state index < -0.39 is 26.6 Å². The Labute approximate surface area is 157 Å². The molecule has 144 valence electrons. The third-order valence-corrected chi connectivity index (χ3v) is 6.50. The first-order valence-corrected chi connectivity index (χ1v) is 10.6. The molecular weight excluding hydrogens is 371 g/mol. The number of aromatic nitrogens is 2. The van der Waals surface area contributed by atoms with Crippen molar-refractivity contribution in [3.63, 3.8) is 0 Å². The predicted molar refractivity (Wildman–Crippen MR) is 97.4 cm³/mol. The summed E-state index contributed by atoms with van der Waals surface area (Å²) in [4.78, 5) is 12.1. The lowest BCUT2D eigenvalue weighted by Crippen LogP contribution is -2.27. The van der Waals surface area contributed by atoms with E-state index in [0.29, 0.717) is 5.82 Å². The zero-order valence-corrected chi connectivity index (χ0v) is 15.5. The van der Waals surface area contributed by atoms with Gasteiger partial charge in [0.05, 0.1) is 12.2 Å².